The maximum Gasteiger partial charge on any atom is 0.218 e. The first-order valence-electron chi connectivity index (χ1n) is 7.87. The monoisotopic (exact) mass is 349 g/mol. The van der Waals surface area contributed by atoms with Crippen molar-refractivity contribution in [1.29, 1.82) is 0 Å². The van der Waals surface area contributed by atoms with Crippen LogP contribution in [0.25, 0.3) is 0 Å². The normalized spacial score (nSPS) is 22.4. The Morgan fingerprint density at radius 2 is 1.75 bits per heavy atom. The van der Waals surface area contributed by atoms with Gasteiger partial charge in [-0.3, -0.25) is 0 Å². The van der Waals surface area contributed by atoms with Crippen LogP contribution in [-0.2, 0) is 20.5 Å². The van der Waals surface area contributed by atoms with E-state index in [4.69, 9.17) is 4.74 Å². The molecule has 0 N–H and O–H groups in total. The molecule has 0 bridgehead atoms. The molecule has 4 nitrogen and oxygen atoms in total. The van der Waals surface area contributed by atoms with Crippen LogP contribution in [-0.4, -0.2) is 31.9 Å². The Kier molecular flexibility index (Phi) is 4.99. The molecular weight excluding hydrogens is 329 g/mol. The molecule has 0 aromatic heterocycles. The highest BCUT2D eigenvalue weighted by Gasteiger charge is 2.33. The van der Waals surface area contributed by atoms with E-state index in [2.05, 4.69) is 0 Å². The Bertz CT molecular complexity index is 778. The summed E-state index contributed by atoms with van der Waals surface area (Å²) in [6.07, 6.45) is -0.612. The predicted molar refractivity (Wildman–Crippen MR) is 90.3 cm³/mol. The highest BCUT2D eigenvalue weighted by Crippen LogP contribution is 2.28. The molecule has 24 heavy (non-hydrogen) atoms. The summed E-state index contributed by atoms with van der Waals surface area (Å²) >= 11 is 0. The van der Waals surface area contributed by atoms with Gasteiger partial charge in [-0.25, -0.2) is 12.8 Å². The zero-order valence-electron chi connectivity index (χ0n) is 13.4. The Balaban J connectivity index is 1.78. The maximum absolute atomic E-state index is 13.1. The van der Waals surface area contributed by atoms with E-state index >= 15 is 0 Å². The highest BCUT2D eigenvalue weighted by atomic mass is 32.2. The Hall–Kier alpha value is -1.76. The van der Waals surface area contributed by atoms with E-state index in [0.717, 1.165) is 11.1 Å². The molecule has 1 heterocycles. The molecule has 0 spiro atoms. The van der Waals surface area contributed by atoms with Gasteiger partial charge in [-0.2, -0.15) is 4.31 Å². The minimum Gasteiger partial charge on any atom is -0.368 e. The van der Waals surface area contributed by atoms with Crippen LogP contribution in [0.4, 0.5) is 4.39 Å². The molecule has 1 fully saturated rings. The fraction of sp³-hybridized carbons (Fsp3) is 0.333. The Labute approximate surface area is 141 Å². The summed E-state index contributed by atoms with van der Waals surface area (Å²) in [5.41, 5.74) is 1.54. The van der Waals surface area contributed by atoms with E-state index in [1.807, 2.05) is 25.1 Å². The first-order chi connectivity index (χ1) is 11.4. The Morgan fingerprint density at radius 1 is 1.08 bits per heavy atom. The van der Waals surface area contributed by atoms with Gasteiger partial charge in [0.2, 0.25) is 10.0 Å². The SMILES string of the molecule is CC1CN(S(=O)(=O)Cc2ccccc2)CC(c2ccc(F)cc2)O1. The third-order valence-corrected chi connectivity index (χ3v) is 5.84. The summed E-state index contributed by atoms with van der Waals surface area (Å²) in [7, 11) is -3.44. The van der Waals surface area contributed by atoms with Gasteiger partial charge in [0.25, 0.3) is 0 Å². The van der Waals surface area contributed by atoms with Crippen LogP contribution in [0.15, 0.2) is 54.6 Å². The summed E-state index contributed by atoms with van der Waals surface area (Å²) in [6, 6.07) is 15.1. The molecule has 2 aromatic rings. The second-order valence-electron chi connectivity index (χ2n) is 6.05. The number of hydrogen-bond acceptors (Lipinski definition) is 3. The third kappa shape index (κ3) is 4.01. The zero-order valence-corrected chi connectivity index (χ0v) is 14.2. The van der Waals surface area contributed by atoms with Gasteiger partial charge in [-0.05, 0) is 30.2 Å². The van der Waals surface area contributed by atoms with E-state index in [-0.39, 0.29) is 30.3 Å². The molecule has 2 atom stereocenters. The molecule has 1 aliphatic heterocycles. The third-order valence-electron chi connectivity index (χ3n) is 4.05. The molecule has 2 aromatic carbocycles. The average molecular weight is 349 g/mol. The van der Waals surface area contributed by atoms with Gasteiger partial charge in [0.1, 0.15) is 5.82 Å². The molecule has 2 unspecified atom stereocenters. The van der Waals surface area contributed by atoms with Crippen molar-refractivity contribution in [2.75, 3.05) is 13.1 Å². The Morgan fingerprint density at radius 3 is 2.42 bits per heavy atom. The standard InChI is InChI=1S/C18H20FNO3S/c1-14-11-20(24(21,22)13-15-5-3-2-4-6-15)12-18(23-14)16-7-9-17(19)10-8-16/h2-10,14,18H,11-13H2,1H3. The van der Waals surface area contributed by atoms with Crippen LogP contribution < -0.4 is 0 Å². The molecule has 6 heteroatoms. The molecule has 0 radical (unpaired) electrons. The van der Waals surface area contributed by atoms with E-state index in [1.165, 1.54) is 16.4 Å². The molecule has 0 aliphatic carbocycles. The number of hydrogen-bond donors (Lipinski definition) is 0. The van der Waals surface area contributed by atoms with Crippen molar-refractivity contribution in [3.8, 4) is 0 Å². The number of nitrogens with zero attached hydrogens (tertiary/aromatic N) is 1. The van der Waals surface area contributed by atoms with Crippen LogP contribution in [0.1, 0.15) is 24.2 Å². The lowest BCUT2D eigenvalue weighted by atomic mass is 10.1. The fourth-order valence-corrected chi connectivity index (χ4v) is 4.47. The van der Waals surface area contributed by atoms with Crippen molar-refractivity contribution in [3.63, 3.8) is 0 Å². The molecule has 1 saturated heterocycles. The van der Waals surface area contributed by atoms with Gasteiger partial charge in [-0.15, -0.1) is 0 Å². The minimum atomic E-state index is -3.44. The van der Waals surface area contributed by atoms with Crippen LogP contribution in [0.3, 0.4) is 0 Å². The van der Waals surface area contributed by atoms with Crippen LogP contribution in [0, 0.1) is 5.82 Å². The van der Waals surface area contributed by atoms with Gasteiger partial charge in [0.05, 0.1) is 18.0 Å². The number of benzene rings is 2. The summed E-state index contributed by atoms with van der Waals surface area (Å²) in [5.74, 6) is -0.354. The van der Waals surface area contributed by atoms with Gasteiger partial charge in [0, 0.05) is 13.1 Å². The first-order valence-corrected chi connectivity index (χ1v) is 9.47. The number of rotatable bonds is 4. The minimum absolute atomic E-state index is 0.0311. The van der Waals surface area contributed by atoms with Crippen molar-refractivity contribution in [2.24, 2.45) is 0 Å². The first kappa shape index (κ1) is 17.1. The lowest BCUT2D eigenvalue weighted by Crippen LogP contribution is -2.46. The maximum atomic E-state index is 13.1. The zero-order chi connectivity index (χ0) is 17.2. The van der Waals surface area contributed by atoms with E-state index in [1.54, 1.807) is 24.3 Å². The van der Waals surface area contributed by atoms with Crippen molar-refractivity contribution < 1.29 is 17.5 Å². The van der Waals surface area contributed by atoms with Gasteiger partial charge in [0.15, 0.2) is 0 Å². The molecule has 3 rings (SSSR count). The summed E-state index contributed by atoms with van der Waals surface area (Å²) in [4.78, 5) is 0. The van der Waals surface area contributed by atoms with Crippen molar-refractivity contribution >= 4 is 10.0 Å². The largest absolute Gasteiger partial charge is 0.368 e. The lowest BCUT2D eigenvalue weighted by molar-refractivity contribution is -0.0557. The smallest absolute Gasteiger partial charge is 0.218 e. The van der Waals surface area contributed by atoms with Crippen molar-refractivity contribution in [2.45, 2.75) is 24.9 Å². The highest BCUT2D eigenvalue weighted by molar-refractivity contribution is 7.88. The number of morpholine rings is 1. The summed E-state index contributed by atoms with van der Waals surface area (Å²) in [5, 5.41) is 0. The van der Waals surface area contributed by atoms with Crippen LogP contribution >= 0.6 is 0 Å². The topological polar surface area (TPSA) is 46.6 Å². The van der Waals surface area contributed by atoms with Crippen LogP contribution in [0.2, 0.25) is 0 Å². The average Bonchev–Trinajstić information content (AvgIpc) is 2.55. The van der Waals surface area contributed by atoms with Crippen molar-refractivity contribution in [3.05, 3.63) is 71.5 Å². The molecule has 0 amide bonds. The number of ether oxygens (including phenoxy) is 1. The predicted octanol–water partition coefficient (Wildman–Crippen LogP) is 3.12. The number of sulfonamides is 1. The molecule has 1 aliphatic rings. The summed E-state index contributed by atoms with van der Waals surface area (Å²) in [6.45, 7) is 2.42. The van der Waals surface area contributed by atoms with Gasteiger partial charge in [-0.1, -0.05) is 42.5 Å². The van der Waals surface area contributed by atoms with Gasteiger partial charge >= 0.3 is 0 Å². The lowest BCUT2D eigenvalue weighted by Gasteiger charge is -2.36. The van der Waals surface area contributed by atoms with E-state index < -0.39 is 10.0 Å². The molecule has 128 valence electrons. The molecular formula is C18H20FNO3S. The number of halogens is 1. The van der Waals surface area contributed by atoms with E-state index in [0.29, 0.717) is 6.54 Å². The van der Waals surface area contributed by atoms with Crippen LogP contribution in [0.5, 0.6) is 0 Å². The van der Waals surface area contributed by atoms with Crippen molar-refractivity contribution in [1.82, 2.24) is 4.31 Å². The van der Waals surface area contributed by atoms with Gasteiger partial charge < -0.3 is 4.74 Å². The second-order valence-corrected chi connectivity index (χ2v) is 8.01. The van der Waals surface area contributed by atoms with E-state index in [9.17, 15) is 12.8 Å². The quantitative estimate of drug-likeness (QED) is 0.852. The molecule has 0 saturated carbocycles. The second kappa shape index (κ2) is 7.01. The fourth-order valence-electron chi connectivity index (χ4n) is 2.88. The summed E-state index contributed by atoms with van der Waals surface area (Å²) < 4.78 is 45.9.